The van der Waals surface area contributed by atoms with Gasteiger partial charge in [-0.2, -0.15) is 0 Å². The molecule has 2 rings (SSSR count). The molecule has 1 amide bonds. The number of hydrogen-bond acceptors (Lipinski definition) is 4. The van der Waals surface area contributed by atoms with Crippen LogP contribution in [0.3, 0.4) is 0 Å². The van der Waals surface area contributed by atoms with Crippen LogP contribution in [-0.4, -0.2) is 30.8 Å². The van der Waals surface area contributed by atoms with Gasteiger partial charge < -0.3 is 20.5 Å². The molecule has 0 aromatic heterocycles. The van der Waals surface area contributed by atoms with Crippen molar-refractivity contribution in [1.82, 2.24) is 0 Å². The van der Waals surface area contributed by atoms with Gasteiger partial charge in [0.2, 0.25) is 0 Å². The molecule has 3 unspecified atom stereocenters. The Labute approximate surface area is 125 Å². The molecule has 116 valence electrons. The van der Waals surface area contributed by atoms with Crippen LogP contribution in [0, 0.1) is 0 Å². The molecular weight excluding hydrogens is 268 g/mol. The lowest BCUT2D eigenvalue weighted by atomic mass is 10.2. The quantitative estimate of drug-likeness (QED) is 0.844. The number of benzene rings is 1. The van der Waals surface area contributed by atoms with Gasteiger partial charge in [0, 0.05) is 18.3 Å². The summed E-state index contributed by atoms with van der Waals surface area (Å²) in [6.45, 7) is 4.55. The molecule has 1 heterocycles. The van der Waals surface area contributed by atoms with Crippen molar-refractivity contribution < 1.29 is 14.3 Å². The Morgan fingerprint density at radius 1 is 1.52 bits per heavy atom. The van der Waals surface area contributed by atoms with Crippen LogP contribution in [0.2, 0.25) is 0 Å². The van der Waals surface area contributed by atoms with Gasteiger partial charge in [-0.05, 0) is 38.3 Å². The second-order valence-electron chi connectivity index (χ2n) is 5.41. The van der Waals surface area contributed by atoms with Gasteiger partial charge in [-0.3, -0.25) is 4.79 Å². The molecule has 1 aliphatic rings. The summed E-state index contributed by atoms with van der Waals surface area (Å²) in [5, 5.41) is 2.88. The molecule has 0 spiro atoms. The van der Waals surface area contributed by atoms with Crippen LogP contribution in [-0.2, 0) is 9.53 Å². The fourth-order valence-corrected chi connectivity index (χ4v) is 2.26. The Kier molecular flexibility index (Phi) is 5.59. The Hall–Kier alpha value is -1.59. The lowest BCUT2D eigenvalue weighted by molar-refractivity contribution is -0.126. The van der Waals surface area contributed by atoms with Gasteiger partial charge in [0.15, 0.2) is 0 Å². The molecule has 3 N–H and O–H groups in total. The Balaban J connectivity index is 1.93. The molecule has 5 heteroatoms. The van der Waals surface area contributed by atoms with E-state index in [0.29, 0.717) is 6.54 Å². The van der Waals surface area contributed by atoms with Crippen molar-refractivity contribution in [3.05, 3.63) is 24.3 Å². The second-order valence-corrected chi connectivity index (χ2v) is 5.41. The molecule has 1 saturated heterocycles. The molecule has 0 radical (unpaired) electrons. The van der Waals surface area contributed by atoms with Gasteiger partial charge in [-0.1, -0.05) is 13.0 Å². The van der Waals surface area contributed by atoms with Crippen LogP contribution >= 0.6 is 0 Å². The highest BCUT2D eigenvalue weighted by Crippen LogP contribution is 2.23. The first kappa shape index (κ1) is 15.8. The van der Waals surface area contributed by atoms with Gasteiger partial charge in [0.1, 0.15) is 11.9 Å². The second kappa shape index (κ2) is 7.43. The average molecular weight is 292 g/mol. The van der Waals surface area contributed by atoms with E-state index in [0.717, 1.165) is 30.7 Å². The van der Waals surface area contributed by atoms with Crippen LogP contribution in [0.5, 0.6) is 5.75 Å². The highest BCUT2D eigenvalue weighted by Gasteiger charge is 2.29. The summed E-state index contributed by atoms with van der Waals surface area (Å²) < 4.78 is 11.3. The molecule has 1 aromatic rings. The van der Waals surface area contributed by atoms with Crippen LogP contribution in [0.25, 0.3) is 0 Å². The van der Waals surface area contributed by atoms with Crippen LogP contribution in [0.4, 0.5) is 5.69 Å². The van der Waals surface area contributed by atoms with Crippen molar-refractivity contribution in [3.8, 4) is 5.75 Å². The van der Waals surface area contributed by atoms with Gasteiger partial charge in [-0.15, -0.1) is 0 Å². The summed E-state index contributed by atoms with van der Waals surface area (Å²) in [7, 11) is 0. The Morgan fingerprint density at radius 3 is 3.00 bits per heavy atom. The maximum atomic E-state index is 12.1. The monoisotopic (exact) mass is 292 g/mol. The summed E-state index contributed by atoms with van der Waals surface area (Å²) in [5.74, 6) is 0.640. The summed E-state index contributed by atoms with van der Waals surface area (Å²) in [6, 6.07) is 7.43. The van der Waals surface area contributed by atoms with Crippen LogP contribution < -0.4 is 15.8 Å². The minimum absolute atomic E-state index is 0.000761. The molecule has 1 aliphatic heterocycles. The summed E-state index contributed by atoms with van der Waals surface area (Å²) >= 11 is 0. The number of amides is 1. The van der Waals surface area contributed by atoms with Crippen molar-refractivity contribution in [2.75, 3.05) is 11.9 Å². The molecular formula is C16H24N2O3. The van der Waals surface area contributed by atoms with Crippen molar-refractivity contribution in [3.63, 3.8) is 0 Å². The number of rotatable bonds is 6. The van der Waals surface area contributed by atoms with E-state index in [1.807, 2.05) is 31.2 Å². The third-order valence-corrected chi connectivity index (χ3v) is 3.68. The van der Waals surface area contributed by atoms with Crippen molar-refractivity contribution in [1.29, 1.82) is 0 Å². The predicted octanol–water partition coefficient (Wildman–Crippen LogP) is 2.31. The summed E-state index contributed by atoms with van der Waals surface area (Å²) in [5.41, 5.74) is 6.28. The first-order valence-electron chi connectivity index (χ1n) is 7.55. The number of anilines is 1. The smallest absolute Gasteiger partial charge is 0.253 e. The summed E-state index contributed by atoms with van der Waals surface area (Å²) in [6.07, 6.45) is 2.24. The number of hydrogen-bond donors (Lipinski definition) is 2. The third-order valence-electron chi connectivity index (χ3n) is 3.68. The van der Waals surface area contributed by atoms with Gasteiger partial charge in [-0.25, -0.2) is 0 Å². The average Bonchev–Trinajstić information content (AvgIpc) is 2.96. The van der Waals surface area contributed by atoms with E-state index in [1.54, 1.807) is 0 Å². The zero-order valence-electron chi connectivity index (χ0n) is 12.7. The van der Waals surface area contributed by atoms with E-state index in [4.69, 9.17) is 15.2 Å². The Bertz CT molecular complexity index is 478. The first-order valence-corrected chi connectivity index (χ1v) is 7.55. The van der Waals surface area contributed by atoms with E-state index in [1.165, 1.54) is 0 Å². The minimum atomic E-state index is -0.405. The zero-order chi connectivity index (χ0) is 15.2. The maximum absolute atomic E-state index is 12.1. The van der Waals surface area contributed by atoms with Crippen LogP contribution in [0.1, 0.15) is 33.1 Å². The van der Waals surface area contributed by atoms with Crippen molar-refractivity contribution in [2.24, 2.45) is 5.73 Å². The molecule has 0 aliphatic carbocycles. The standard InChI is InChI=1S/C16H24N2O3/c1-3-11(2)20-13-6-4-5-12(9-13)18-16(19)15-8-7-14(10-17)21-15/h4-6,9,11,14-15H,3,7-8,10,17H2,1-2H3,(H,18,19). The van der Waals surface area contributed by atoms with Crippen molar-refractivity contribution in [2.45, 2.75) is 51.4 Å². The van der Waals surface area contributed by atoms with E-state index >= 15 is 0 Å². The first-order chi connectivity index (χ1) is 10.1. The molecule has 0 saturated carbocycles. The minimum Gasteiger partial charge on any atom is -0.491 e. The lowest BCUT2D eigenvalue weighted by Gasteiger charge is -2.15. The van der Waals surface area contributed by atoms with Crippen molar-refractivity contribution >= 4 is 11.6 Å². The molecule has 0 bridgehead atoms. The third kappa shape index (κ3) is 4.44. The normalized spacial score (nSPS) is 22.8. The topological polar surface area (TPSA) is 73.6 Å². The van der Waals surface area contributed by atoms with E-state index in [2.05, 4.69) is 12.2 Å². The fraction of sp³-hybridized carbons (Fsp3) is 0.562. The van der Waals surface area contributed by atoms with Gasteiger partial charge in [0.05, 0.1) is 12.2 Å². The number of nitrogens with two attached hydrogens (primary N) is 1. The zero-order valence-corrected chi connectivity index (χ0v) is 12.7. The number of carbonyl (C=O) groups excluding carboxylic acids is 1. The predicted molar refractivity (Wildman–Crippen MR) is 82.4 cm³/mol. The number of carbonyl (C=O) groups is 1. The largest absolute Gasteiger partial charge is 0.491 e. The van der Waals surface area contributed by atoms with Gasteiger partial charge >= 0.3 is 0 Å². The molecule has 1 aromatic carbocycles. The van der Waals surface area contributed by atoms with Gasteiger partial charge in [0.25, 0.3) is 5.91 Å². The maximum Gasteiger partial charge on any atom is 0.253 e. The highest BCUT2D eigenvalue weighted by atomic mass is 16.5. The van der Waals surface area contributed by atoms with E-state index in [-0.39, 0.29) is 18.1 Å². The Morgan fingerprint density at radius 2 is 2.33 bits per heavy atom. The van der Waals surface area contributed by atoms with E-state index < -0.39 is 6.10 Å². The lowest BCUT2D eigenvalue weighted by Crippen LogP contribution is -2.29. The fourth-order valence-electron chi connectivity index (χ4n) is 2.26. The number of ether oxygens (including phenoxy) is 2. The highest BCUT2D eigenvalue weighted by molar-refractivity contribution is 5.94. The molecule has 5 nitrogen and oxygen atoms in total. The number of nitrogens with one attached hydrogen (secondary N) is 1. The van der Waals surface area contributed by atoms with E-state index in [9.17, 15) is 4.79 Å². The van der Waals surface area contributed by atoms with Crippen LogP contribution in [0.15, 0.2) is 24.3 Å². The molecule has 21 heavy (non-hydrogen) atoms. The SMILES string of the molecule is CCC(C)Oc1cccc(NC(=O)C2CCC(CN)O2)c1. The molecule has 1 fully saturated rings. The molecule has 3 atom stereocenters. The summed E-state index contributed by atoms with van der Waals surface area (Å²) in [4.78, 5) is 12.1.